The van der Waals surface area contributed by atoms with Crippen LogP contribution >= 0.6 is 0 Å². The number of aliphatic hydroxyl groups excluding tert-OH is 1. The quantitative estimate of drug-likeness (QED) is 0.598. The molecule has 0 radical (unpaired) electrons. The highest BCUT2D eigenvalue weighted by atomic mass is 16.3. The molecule has 0 saturated carbocycles. The van der Waals surface area contributed by atoms with Gasteiger partial charge in [0.25, 0.3) is 0 Å². The molecule has 0 bridgehead atoms. The Hall–Kier alpha value is -2.32. The molecule has 1 fully saturated rings. The van der Waals surface area contributed by atoms with E-state index in [1.807, 2.05) is 24.3 Å². The van der Waals surface area contributed by atoms with E-state index in [0.717, 1.165) is 24.1 Å². The van der Waals surface area contributed by atoms with Gasteiger partial charge in [-0.3, -0.25) is 0 Å². The fourth-order valence-electron chi connectivity index (χ4n) is 3.72. The van der Waals surface area contributed by atoms with Crippen molar-refractivity contribution in [2.45, 2.75) is 20.3 Å². The highest BCUT2D eigenvalue weighted by Crippen LogP contribution is 2.18. The van der Waals surface area contributed by atoms with E-state index < -0.39 is 0 Å². The molecular weight excluding hydrogens is 288 g/mol. The van der Waals surface area contributed by atoms with Crippen LogP contribution in [0, 0.1) is 23.2 Å². The summed E-state index contributed by atoms with van der Waals surface area (Å²) in [6.07, 6.45) is 1.24. The minimum absolute atomic E-state index is 0.128. The Balaban J connectivity index is 1.85. The Bertz CT molecular complexity index is 728. The van der Waals surface area contributed by atoms with E-state index in [4.69, 9.17) is 0 Å². The van der Waals surface area contributed by atoms with E-state index in [9.17, 15) is 10.4 Å². The Morgan fingerprint density at radius 1 is 1.35 bits per heavy atom. The van der Waals surface area contributed by atoms with Crippen molar-refractivity contribution in [2.24, 2.45) is 11.8 Å². The number of rotatable bonds is 3. The van der Waals surface area contributed by atoms with Crippen molar-refractivity contribution in [1.82, 2.24) is 9.97 Å². The second-order valence-electron chi connectivity index (χ2n) is 6.82. The first-order valence-electron chi connectivity index (χ1n) is 8.17. The molecule has 1 aromatic carbocycles. The molecule has 1 aromatic heterocycles. The molecule has 2 aromatic rings. The number of H-pyrrole nitrogens is 1. The van der Waals surface area contributed by atoms with Gasteiger partial charge in [0.15, 0.2) is 11.6 Å². The summed E-state index contributed by atoms with van der Waals surface area (Å²) in [4.78, 5) is 8.88. The maximum atomic E-state index is 10.5. The third kappa shape index (κ3) is 3.38. The van der Waals surface area contributed by atoms with Gasteiger partial charge < -0.3 is 15.0 Å². The summed E-state index contributed by atoms with van der Waals surface area (Å²) in [5, 5.41) is 20.0. The molecule has 5 heteroatoms. The first-order chi connectivity index (χ1) is 11.1. The number of para-hydroxylation sites is 2. The number of aromatic amines is 1. The molecule has 1 aliphatic rings. The van der Waals surface area contributed by atoms with Crippen molar-refractivity contribution >= 4 is 16.6 Å². The molecule has 3 rings (SSSR count). The van der Waals surface area contributed by atoms with Crippen molar-refractivity contribution in [3.8, 4) is 6.07 Å². The van der Waals surface area contributed by atoms with E-state index in [1.165, 1.54) is 11.3 Å². The topological polar surface area (TPSA) is 77.1 Å². The molecule has 0 spiro atoms. The van der Waals surface area contributed by atoms with Crippen LogP contribution < -0.4 is 4.90 Å². The lowest BCUT2D eigenvalue weighted by Gasteiger charge is -2.31. The first-order valence-corrected chi connectivity index (χ1v) is 8.17. The molecule has 0 aliphatic carbocycles. The highest BCUT2D eigenvalue weighted by molar-refractivity contribution is 5.82. The second kappa shape index (κ2) is 6.43. The number of aliphatic hydroxyl groups is 1. The minimum Gasteiger partial charge on any atom is -0.506 e. The number of likely N-dealkylation sites (tertiary alicyclic amines) is 1. The summed E-state index contributed by atoms with van der Waals surface area (Å²) < 4.78 is 0. The zero-order valence-electron chi connectivity index (χ0n) is 13.6. The Morgan fingerprint density at radius 2 is 2.04 bits per heavy atom. The first kappa shape index (κ1) is 15.6. The maximum absolute atomic E-state index is 10.5. The lowest BCUT2D eigenvalue weighted by atomic mass is 9.92. The fraction of sp³-hybridized carbons (Fsp3) is 0.444. The van der Waals surface area contributed by atoms with Crippen LogP contribution in [0.1, 0.15) is 26.1 Å². The van der Waals surface area contributed by atoms with Crippen molar-refractivity contribution in [3.63, 3.8) is 0 Å². The largest absolute Gasteiger partial charge is 0.506 e. The van der Waals surface area contributed by atoms with Crippen LogP contribution in [-0.4, -0.2) is 34.7 Å². The van der Waals surface area contributed by atoms with Crippen LogP contribution in [0.3, 0.4) is 0 Å². The summed E-state index contributed by atoms with van der Waals surface area (Å²) in [7, 11) is 0. The Kier molecular flexibility index (Phi) is 4.35. The van der Waals surface area contributed by atoms with Crippen LogP contribution in [0.2, 0.25) is 0 Å². The summed E-state index contributed by atoms with van der Waals surface area (Å²) >= 11 is 0. The van der Waals surface area contributed by atoms with Gasteiger partial charge in [-0.1, -0.05) is 26.0 Å². The van der Waals surface area contributed by atoms with Gasteiger partial charge in [0.1, 0.15) is 18.2 Å². The molecular formula is C18H23N4O+. The number of quaternary nitrogens is 1. The summed E-state index contributed by atoms with van der Waals surface area (Å²) in [5.74, 6) is 1.88. The number of hydrogen-bond donors (Lipinski definition) is 3. The van der Waals surface area contributed by atoms with Gasteiger partial charge in [-0.2, -0.15) is 5.26 Å². The lowest BCUT2D eigenvalue weighted by Crippen LogP contribution is -3.14. The molecule has 2 atom stereocenters. The third-order valence-corrected chi connectivity index (χ3v) is 4.52. The fourth-order valence-corrected chi connectivity index (χ4v) is 3.72. The number of nitriles is 1. The molecule has 5 nitrogen and oxygen atoms in total. The third-order valence-electron chi connectivity index (χ3n) is 4.52. The van der Waals surface area contributed by atoms with Crippen molar-refractivity contribution in [1.29, 1.82) is 5.26 Å². The number of piperidine rings is 1. The predicted octanol–water partition coefficient (Wildman–Crippen LogP) is 1.92. The molecule has 1 saturated heterocycles. The zero-order chi connectivity index (χ0) is 16.4. The number of hydrogen-bond acceptors (Lipinski definition) is 3. The average Bonchev–Trinajstić information content (AvgIpc) is 2.90. The van der Waals surface area contributed by atoms with E-state index in [1.54, 1.807) is 0 Å². The summed E-state index contributed by atoms with van der Waals surface area (Å²) in [6, 6.07) is 9.74. The maximum Gasteiger partial charge on any atom is 0.169 e. The van der Waals surface area contributed by atoms with E-state index >= 15 is 0 Å². The van der Waals surface area contributed by atoms with Crippen molar-refractivity contribution in [2.75, 3.05) is 19.6 Å². The number of imidazole rings is 1. The van der Waals surface area contributed by atoms with Gasteiger partial charge in [0, 0.05) is 11.8 Å². The Labute approximate surface area is 136 Å². The van der Waals surface area contributed by atoms with Crippen LogP contribution in [0.4, 0.5) is 0 Å². The number of benzene rings is 1. The van der Waals surface area contributed by atoms with E-state index in [-0.39, 0.29) is 11.3 Å². The SMILES string of the molecule is C[C@@H]1C[C@@H](C)C[NH+](C/C(O)=C(\C#N)c2nc3ccccc3[nH]2)C1. The minimum atomic E-state index is 0.128. The highest BCUT2D eigenvalue weighted by Gasteiger charge is 2.27. The van der Waals surface area contributed by atoms with Gasteiger partial charge in [0.05, 0.1) is 24.1 Å². The average molecular weight is 311 g/mol. The predicted molar refractivity (Wildman–Crippen MR) is 89.8 cm³/mol. The van der Waals surface area contributed by atoms with Gasteiger partial charge in [0.2, 0.25) is 0 Å². The number of aromatic nitrogens is 2. The molecule has 3 N–H and O–H groups in total. The Morgan fingerprint density at radius 3 is 2.70 bits per heavy atom. The van der Waals surface area contributed by atoms with Crippen LogP contribution in [0.5, 0.6) is 0 Å². The molecule has 2 heterocycles. The molecule has 1 aliphatic heterocycles. The summed E-state index contributed by atoms with van der Waals surface area (Å²) in [6.45, 7) is 7.05. The van der Waals surface area contributed by atoms with E-state index in [2.05, 4.69) is 29.9 Å². The molecule has 0 unspecified atom stereocenters. The number of allylic oxidation sites excluding steroid dienone is 1. The van der Waals surface area contributed by atoms with Crippen LogP contribution in [0.25, 0.3) is 16.6 Å². The van der Waals surface area contributed by atoms with Crippen LogP contribution in [0.15, 0.2) is 30.0 Å². The summed E-state index contributed by atoms with van der Waals surface area (Å²) in [5.41, 5.74) is 1.92. The van der Waals surface area contributed by atoms with Gasteiger partial charge in [-0.15, -0.1) is 0 Å². The molecule has 23 heavy (non-hydrogen) atoms. The standard InChI is InChI=1S/C18H22N4O/c1-12-7-13(2)10-22(9-12)11-17(23)14(8-19)18-20-15-5-3-4-6-16(15)21-18/h3-6,12-13,23H,7,9-11H2,1-2H3,(H,20,21)/p+1/b17-14-/t12-,13-/m1/s1. The number of nitrogens with zero attached hydrogens (tertiary/aromatic N) is 2. The number of fused-ring (bicyclic) bond motifs is 1. The zero-order valence-corrected chi connectivity index (χ0v) is 13.6. The van der Waals surface area contributed by atoms with Crippen molar-refractivity contribution in [3.05, 3.63) is 35.8 Å². The van der Waals surface area contributed by atoms with Crippen LogP contribution in [-0.2, 0) is 0 Å². The van der Waals surface area contributed by atoms with Crippen molar-refractivity contribution < 1.29 is 10.0 Å². The van der Waals surface area contributed by atoms with Gasteiger partial charge >= 0.3 is 0 Å². The van der Waals surface area contributed by atoms with E-state index in [0.29, 0.717) is 24.2 Å². The smallest absolute Gasteiger partial charge is 0.169 e. The normalized spacial score (nSPS) is 25.9. The molecule has 0 amide bonds. The monoisotopic (exact) mass is 311 g/mol. The lowest BCUT2D eigenvalue weighted by molar-refractivity contribution is -0.908. The van der Waals surface area contributed by atoms with Gasteiger partial charge in [-0.25, -0.2) is 4.98 Å². The molecule has 120 valence electrons. The number of nitrogens with one attached hydrogen (secondary N) is 2. The second-order valence-corrected chi connectivity index (χ2v) is 6.82. The van der Waals surface area contributed by atoms with Gasteiger partial charge in [-0.05, 0) is 18.6 Å².